The quantitative estimate of drug-likeness (QED) is 0.643. The van der Waals surface area contributed by atoms with E-state index in [0.717, 1.165) is 31.2 Å². The highest BCUT2D eigenvalue weighted by atomic mass is 16.3. The van der Waals surface area contributed by atoms with E-state index in [-0.39, 0.29) is 28.8 Å². The number of fused-ring (bicyclic) bond motifs is 4. The molecule has 1 saturated carbocycles. The van der Waals surface area contributed by atoms with Crippen LogP contribution in [-0.2, 0) is 9.59 Å². The Labute approximate surface area is 186 Å². The lowest BCUT2D eigenvalue weighted by molar-refractivity contribution is -0.126. The van der Waals surface area contributed by atoms with E-state index < -0.39 is 6.04 Å². The largest absolute Gasteiger partial charge is 0.455 e. The first-order valence-corrected chi connectivity index (χ1v) is 11.2. The molecule has 5 rings (SSSR count). The van der Waals surface area contributed by atoms with Gasteiger partial charge in [-0.05, 0) is 44.0 Å². The molecule has 2 heterocycles. The Morgan fingerprint density at radius 2 is 1.81 bits per heavy atom. The van der Waals surface area contributed by atoms with Gasteiger partial charge in [0, 0.05) is 18.5 Å². The van der Waals surface area contributed by atoms with Gasteiger partial charge in [-0.15, -0.1) is 0 Å². The van der Waals surface area contributed by atoms with Gasteiger partial charge in [0.25, 0.3) is 0 Å². The molecule has 0 bridgehead atoms. The number of anilines is 1. The average Bonchev–Trinajstić information content (AvgIpc) is 2.79. The first-order valence-electron chi connectivity index (χ1n) is 11.2. The van der Waals surface area contributed by atoms with Crippen LogP contribution >= 0.6 is 0 Å². The van der Waals surface area contributed by atoms with Crippen LogP contribution in [0.4, 0.5) is 5.69 Å². The van der Waals surface area contributed by atoms with Crippen LogP contribution < -0.4 is 15.6 Å². The van der Waals surface area contributed by atoms with E-state index >= 15 is 0 Å². The molecule has 2 aliphatic rings. The Morgan fingerprint density at radius 1 is 1.06 bits per heavy atom. The molecule has 1 unspecified atom stereocenters. The molecule has 1 aliphatic carbocycles. The first-order chi connectivity index (χ1) is 15.5. The molecule has 1 N–H and O–H groups in total. The van der Waals surface area contributed by atoms with Crippen molar-refractivity contribution in [2.75, 3.05) is 4.90 Å². The van der Waals surface area contributed by atoms with Crippen molar-refractivity contribution in [3.63, 3.8) is 0 Å². The highest BCUT2D eigenvalue weighted by molar-refractivity contribution is 6.06. The Kier molecular flexibility index (Phi) is 5.08. The Balaban J connectivity index is 1.74. The lowest BCUT2D eigenvalue weighted by atomic mass is 9.89. The van der Waals surface area contributed by atoms with Crippen molar-refractivity contribution in [2.45, 2.75) is 58.0 Å². The number of para-hydroxylation sites is 1. The molecular formula is C26H26N2O4. The van der Waals surface area contributed by atoms with Crippen LogP contribution in [0.2, 0.25) is 0 Å². The van der Waals surface area contributed by atoms with Gasteiger partial charge >= 0.3 is 0 Å². The van der Waals surface area contributed by atoms with Crippen LogP contribution in [0.25, 0.3) is 22.3 Å². The van der Waals surface area contributed by atoms with Gasteiger partial charge in [-0.3, -0.25) is 19.3 Å². The van der Waals surface area contributed by atoms with Crippen molar-refractivity contribution < 1.29 is 14.0 Å². The zero-order chi connectivity index (χ0) is 22.4. The summed E-state index contributed by atoms with van der Waals surface area (Å²) in [6, 6.07) is 11.7. The normalized spacial score (nSPS) is 18.2. The van der Waals surface area contributed by atoms with Crippen molar-refractivity contribution in [1.82, 2.24) is 5.32 Å². The smallest absolute Gasteiger partial charge is 0.248 e. The summed E-state index contributed by atoms with van der Waals surface area (Å²) >= 11 is 0. The second kappa shape index (κ2) is 7.93. The molecule has 2 amide bonds. The maximum atomic E-state index is 13.7. The minimum Gasteiger partial charge on any atom is -0.455 e. The summed E-state index contributed by atoms with van der Waals surface area (Å²) in [6.45, 7) is 3.33. The third-order valence-electron chi connectivity index (χ3n) is 6.56. The van der Waals surface area contributed by atoms with Crippen LogP contribution in [0.3, 0.4) is 0 Å². The topological polar surface area (TPSA) is 79.6 Å². The molecule has 2 aromatic carbocycles. The van der Waals surface area contributed by atoms with E-state index in [1.165, 1.54) is 18.2 Å². The number of amides is 2. The summed E-state index contributed by atoms with van der Waals surface area (Å²) in [5.41, 5.74) is 2.56. The molecule has 1 aliphatic heterocycles. The number of nitrogens with zero attached hydrogens (tertiary/aromatic N) is 1. The maximum Gasteiger partial charge on any atom is 0.248 e. The SMILES string of the molecule is CC(=O)N1c2ccccc2-c2oc3ccc(C)cc3c(=O)c2C1C(=O)NC1CCCCC1. The zero-order valence-corrected chi connectivity index (χ0v) is 18.3. The Morgan fingerprint density at radius 3 is 2.56 bits per heavy atom. The third kappa shape index (κ3) is 3.30. The number of carbonyl (C=O) groups excluding carboxylic acids is 2. The Hall–Kier alpha value is -3.41. The van der Waals surface area contributed by atoms with Crippen LogP contribution in [0.1, 0.15) is 56.2 Å². The lowest BCUT2D eigenvalue weighted by Crippen LogP contribution is -2.49. The number of aryl methyl sites for hydroxylation is 1. The minimum atomic E-state index is -1.07. The van der Waals surface area contributed by atoms with Gasteiger partial charge in [0.1, 0.15) is 17.4 Å². The van der Waals surface area contributed by atoms with Gasteiger partial charge in [-0.1, -0.05) is 43.0 Å². The molecule has 1 atom stereocenters. The first kappa shape index (κ1) is 20.5. The highest BCUT2D eigenvalue weighted by Gasteiger charge is 2.42. The van der Waals surface area contributed by atoms with E-state index in [2.05, 4.69) is 5.32 Å². The monoisotopic (exact) mass is 430 g/mol. The Bertz CT molecular complexity index is 1290. The number of hydrogen-bond acceptors (Lipinski definition) is 4. The summed E-state index contributed by atoms with van der Waals surface area (Å²) in [5.74, 6) is -0.263. The van der Waals surface area contributed by atoms with Gasteiger partial charge < -0.3 is 9.73 Å². The van der Waals surface area contributed by atoms with E-state index in [1.807, 2.05) is 31.2 Å². The summed E-state index contributed by atoms with van der Waals surface area (Å²) in [5, 5.41) is 3.54. The predicted molar refractivity (Wildman–Crippen MR) is 124 cm³/mol. The molecule has 0 radical (unpaired) electrons. The van der Waals surface area contributed by atoms with Crippen LogP contribution in [0.15, 0.2) is 51.7 Å². The number of carbonyl (C=O) groups is 2. The fraction of sp³-hybridized carbons (Fsp3) is 0.346. The van der Waals surface area contributed by atoms with E-state index in [9.17, 15) is 14.4 Å². The molecule has 164 valence electrons. The summed E-state index contributed by atoms with van der Waals surface area (Å²) < 4.78 is 6.23. The van der Waals surface area contributed by atoms with E-state index in [0.29, 0.717) is 28.0 Å². The van der Waals surface area contributed by atoms with Crippen molar-refractivity contribution in [3.8, 4) is 11.3 Å². The number of hydrogen-bond donors (Lipinski definition) is 1. The fourth-order valence-electron chi connectivity index (χ4n) is 5.04. The van der Waals surface area contributed by atoms with Gasteiger partial charge in [-0.2, -0.15) is 0 Å². The number of rotatable bonds is 2. The molecule has 0 saturated heterocycles. The van der Waals surface area contributed by atoms with Gasteiger partial charge in [0.15, 0.2) is 5.43 Å². The third-order valence-corrected chi connectivity index (χ3v) is 6.56. The van der Waals surface area contributed by atoms with E-state index in [4.69, 9.17) is 4.42 Å². The van der Waals surface area contributed by atoms with Crippen molar-refractivity contribution >= 4 is 28.5 Å². The molecule has 32 heavy (non-hydrogen) atoms. The van der Waals surface area contributed by atoms with Crippen LogP contribution in [0.5, 0.6) is 0 Å². The van der Waals surface area contributed by atoms with Crippen molar-refractivity contribution in [1.29, 1.82) is 0 Å². The number of nitrogens with one attached hydrogen (secondary N) is 1. The molecule has 1 aromatic heterocycles. The van der Waals surface area contributed by atoms with Crippen molar-refractivity contribution in [2.24, 2.45) is 0 Å². The second-order valence-corrected chi connectivity index (χ2v) is 8.83. The highest BCUT2D eigenvalue weighted by Crippen LogP contribution is 2.44. The lowest BCUT2D eigenvalue weighted by Gasteiger charge is -2.37. The molecule has 0 spiro atoms. The molecule has 3 aromatic rings. The summed E-state index contributed by atoms with van der Waals surface area (Å²) in [7, 11) is 0. The molecular weight excluding hydrogens is 404 g/mol. The fourth-order valence-corrected chi connectivity index (χ4v) is 5.04. The predicted octanol–water partition coefficient (Wildman–Crippen LogP) is 4.62. The van der Waals surface area contributed by atoms with Crippen molar-refractivity contribution in [3.05, 3.63) is 63.8 Å². The van der Waals surface area contributed by atoms with Crippen LogP contribution in [0, 0.1) is 6.92 Å². The van der Waals surface area contributed by atoms with Gasteiger partial charge in [0.2, 0.25) is 11.8 Å². The summed E-state index contributed by atoms with van der Waals surface area (Å²) in [6.07, 6.45) is 5.12. The number of benzene rings is 2. The standard InChI is InChI=1S/C26H26N2O4/c1-15-12-13-21-19(14-15)24(30)22-23(26(31)27-17-8-4-3-5-9-17)28(16(2)29)20-11-7-6-10-18(20)25(22)32-21/h6-7,10-14,17,23H,3-5,8-9H2,1-2H3,(H,27,31). The summed E-state index contributed by atoms with van der Waals surface area (Å²) in [4.78, 5) is 41.6. The van der Waals surface area contributed by atoms with Crippen LogP contribution in [-0.4, -0.2) is 17.9 Å². The zero-order valence-electron chi connectivity index (χ0n) is 18.3. The second-order valence-electron chi connectivity index (χ2n) is 8.83. The maximum absolute atomic E-state index is 13.7. The van der Waals surface area contributed by atoms with Gasteiger partial charge in [-0.25, -0.2) is 0 Å². The average molecular weight is 431 g/mol. The van der Waals surface area contributed by atoms with Gasteiger partial charge in [0.05, 0.1) is 16.6 Å². The molecule has 1 fully saturated rings. The molecule has 6 nitrogen and oxygen atoms in total. The molecule has 6 heteroatoms. The van der Waals surface area contributed by atoms with E-state index in [1.54, 1.807) is 18.2 Å². The minimum absolute atomic E-state index is 0.0559.